The lowest BCUT2D eigenvalue weighted by Gasteiger charge is -2.14. The number of hydrogen-bond acceptors (Lipinski definition) is 6. The Bertz CT molecular complexity index is 862. The number of fused-ring (bicyclic) bond motifs is 1. The van der Waals surface area contributed by atoms with Gasteiger partial charge in [-0.3, -0.25) is 4.99 Å². The molecule has 3 rings (SSSR count). The van der Waals surface area contributed by atoms with Crippen LogP contribution in [0.3, 0.4) is 0 Å². The predicted octanol–water partition coefficient (Wildman–Crippen LogP) is 4.08. The van der Waals surface area contributed by atoms with E-state index in [4.69, 9.17) is 23.7 Å². The molecular weight excluding hydrogens is 537 g/mol. The van der Waals surface area contributed by atoms with Crippen LogP contribution in [0.1, 0.15) is 19.4 Å². The standard InChI is InChI=1S/C24H33N3O5.HI/c1-18(2)32-21-7-5-20(6-8-21)27-24(26-12-13-29-15-14-28-3)25-11-10-19-4-9-22-23(16-19)31-17-30-22;/h4-9,16,18H,10-15,17H2,1-3H3,(H2,25,26,27);1H. The van der Waals surface area contributed by atoms with Crippen molar-refractivity contribution in [3.05, 3.63) is 48.0 Å². The molecule has 1 heterocycles. The lowest BCUT2D eigenvalue weighted by atomic mass is 10.1. The molecule has 0 amide bonds. The molecule has 182 valence electrons. The number of benzene rings is 2. The summed E-state index contributed by atoms with van der Waals surface area (Å²) in [5.74, 6) is 3.13. The van der Waals surface area contributed by atoms with Gasteiger partial charge in [-0.05, 0) is 62.2 Å². The monoisotopic (exact) mass is 571 g/mol. The van der Waals surface area contributed by atoms with Crippen LogP contribution in [0.4, 0.5) is 5.69 Å². The number of halogens is 1. The quantitative estimate of drug-likeness (QED) is 0.172. The van der Waals surface area contributed by atoms with Crippen LogP contribution >= 0.6 is 24.0 Å². The van der Waals surface area contributed by atoms with Crippen molar-refractivity contribution in [3.8, 4) is 17.2 Å². The minimum Gasteiger partial charge on any atom is -0.491 e. The molecule has 9 heteroatoms. The van der Waals surface area contributed by atoms with E-state index < -0.39 is 0 Å². The van der Waals surface area contributed by atoms with Gasteiger partial charge in [0.2, 0.25) is 6.79 Å². The number of guanidine groups is 1. The van der Waals surface area contributed by atoms with E-state index in [-0.39, 0.29) is 36.9 Å². The molecule has 1 aliphatic heterocycles. The third-order valence-corrected chi connectivity index (χ3v) is 4.57. The first-order chi connectivity index (χ1) is 15.6. The fraction of sp³-hybridized carbons (Fsp3) is 0.458. The minimum atomic E-state index is 0. The van der Waals surface area contributed by atoms with Crippen LogP contribution in [0.15, 0.2) is 47.5 Å². The van der Waals surface area contributed by atoms with Gasteiger partial charge in [0, 0.05) is 19.3 Å². The Morgan fingerprint density at radius 3 is 2.58 bits per heavy atom. The number of aliphatic imine (C=N–C) groups is 1. The van der Waals surface area contributed by atoms with Crippen molar-refractivity contribution >= 4 is 35.6 Å². The molecular formula is C24H34IN3O5. The van der Waals surface area contributed by atoms with Crippen molar-refractivity contribution in [2.24, 2.45) is 4.99 Å². The molecule has 33 heavy (non-hydrogen) atoms. The molecule has 0 saturated heterocycles. The smallest absolute Gasteiger partial charge is 0.231 e. The van der Waals surface area contributed by atoms with E-state index in [1.807, 2.05) is 50.2 Å². The molecule has 1 aliphatic rings. The van der Waals surface area contributed by atoms with E-state index in [1.54, 1.807) is 7.11 Å². The van der Waals surface area contributed by atoms with Crippen molar-refractivity contribution < 1.29 is 23.7 Å². The van der Waals surface area contributed by atoms with Crippen LogP contribution < -0.4 is 24.8 Å². The normalized spacial score (nSPS) is 12.4. The van der Waals surface area contributed by atoms with E-state index in [0.29, 0.717) is 38.9 Å². The summed E-state index contributed by atoms with van der Waals surface area (Å²) in [7, 11) is 1.66. The van der Waals surface area contributed by atoms with Gasteiger partial charge in [0.05, 0.1) is 32.5 Å². The molecule has 2 aromatic carbocycles. The van der Waals surface area contributed by atoms with E-state index in [1.165, 1.54) is 5.56 Å². The van der Waals surface area contributed by atoms with Crippen molar-refractivity contribution in [1.82, 2.24) is 5.32 Å². The number of nitrogens with one attached hydrogen (secondary N) is 2. The molecule has 8 nitrogen and oxygen atoms in total. The molecule has 0 aromatic heterocycles. The number of rotatable bonds is 12. The second kappa shape index (κ2) is 14.8. The maximum Gasteiger partial charge on any atom is 0.231 e. The highest BCUT2D eigenvalue weighted by molar-refractivity contribution is 14.0. The molecule has 2 N–H and O–H groups in total. The van der Waals surface area contributed by atoms with Crippen molar-refractivity contribution in [1.29, 1.82) is 0 Å². The predicted molar refractivity (Wildman–Crippen MR) is 141 cm³/mol. The van der Waals surface area contributed by atoms with E-state index >= 15 is 0 Å². The Balaban J connectivity index is 0.00000385. The molecule has 0 fully saturated rings. The fourth-order valence-electron chi connectivity index (χ4n) is 3.05. The van der Waals surface area contributed by atoms with Gasteiger partial charge in [-0.2, -0.15) is 0 Å². The number of ether oxygens (including phenoxy) is 5. The fourth-order valence-corrected chi connectivity index (χ4v) is 3.05. The maximum absolute atomic E-state index is 5.71. The summed E-state index contributed by atoms with van der Waals surface area (Å²) in [5, 5.41) is 6.74. The Morgan fingerprint density at radius 2 is 1.82 bits per heavy atom. The zero-order chi connectivity index (χ0) is 22.6. The molecule has 0 unspecified atom stereocenters. The average molecular weight is 571 g/mol. The Hall–Kier alpha value is -2.24. The summed E-state index contributed by atoms with van der Waals surface area (Å²) >= 11 is 0. The lowest BCUT2D eigenvalue weighted by molar-refractivity contribution is 0.0748. The highest BCUT2D eigenvalue weighted by atomic mass is 127. The Labute approximate surface area is 213 Å². The number of hydrogen-bond donors (Lipinski definition) is 2. The van der Waals surface area contributed by atoms with Gasteiger partial charge in [0.15, 0.2) is 17.5 Å². The highest BCUT2D eigenvalue weighted by Gasteiger charge is 2.13. The summed E-state index contributed by atoms with van der Waals surface area (Å²) in [6.45, 7) is 7.22. The third-order valence-electron chi connectivity index (χ3n) is 4.57. The van der Waals surface area contributed by atoms with Gasteiger partial charge in [-0.1, -0.05) is 6.07 Å². The van der Waals surface area contributed by atoms with E-state index in [9.17, 15) is 0 Å². The van der Waals surface area contributed by atoms with Crippen LogP contribution in [0.5, 0.6) is 17.2 Å². The first kappa shape index (κ1) is 27.0. The first-order valence-corrected chi connectivity index (χ1v) is 10.9. The summed E-state index contributed by atoms with van der Waals surface area (Å²) in [5.41, 5.74) is 2.09. The third kappa shape index (κ3) is 9.65. The summed E-state index contributed by atoms with van der Waals surface area (Å²) < 4.78 is 27.1. The molecule has 2 aromatic rings. The van der Waals surface area contributed by atoms with E-state index in [0.717, 1.165) is 29.4 Å². The number of anilines is 1. The Kier molecular flexibility index (Phi) is 12.1. The van der Waals surface area contributed by atoms with Gasteiger partial charge in [0.1, 0.15) is 5.75 Å². The molecule has 0 saturated carbocycles. The topological polar surface area (TPSA) is 82.6 Å². The van der Waals surface area contributed by atoms with Crippen molar-refractivity contribution in [2.75, 3.05) is 52.1 Å². The van der Waals surface area contributed by atoms with Crippen LogP contribution in [0.25, 0.3) is 0 Å². The first-order valence-electron chi connectivity index (χ1n) is 10.9. The lowest BCUT2D eigenvalue weighted by Crippen LogP contribution is -2.33. The van der Waals surface area contributed by atoms with Crippen LogP contribution in [-0.4, -0.2) is 58.9 Å². The molecule has 0 spiro atoms. The van der Waals surface area contributed by atoms with Crippen molar-refractivity contribution in [3.63, 3.8) is 0 Å². The minimum absolute atomic E-state index is 0. The molecule has 0 radical (unpaired) electrons. The van der Waals surface area contributed by atoms with Gasteiger partial charge in [-0.15, -0.1) is 24.0 Å². The van der Waals surface area contributed by atoms with E-state index in [2.05, 4.69) is 21.7 Å². The maximum atomic E-state index is 5.71. The SMILES string of the molecule is COCCOCCN=C(NCCc1ccc2c(c1)OCO2)Nc1ccc(OC(C)C)cc1.I. The van der Waals surface area contributed by atoms with Gasteiger partial charge >= 0.3 is 0 Å². The molecule has 0 bridgehead atoms. The largest absolute Gasteiger partial charge is 0.491 e. The zero-order valence-corrected chi connectivity index (χ0v) is 21.8. The Morgan fingerprint density at radius 1 is 1.03 bits per heavy atom. The van der Waals surface area contributed by atoms with Crippen LogP contribution in [0.2, 0.25) is 0 Å². The van der Waals surface area contributed by atoms with Gasteiger partial charge < -0.3 is 34.3 Å². The number of nitrogens with zero attached hydrogens (tertiary/aromatic N) is 1. The number of methoxy groups -OCH3 is 1. The summed E-state index contributed by atoms with van der Waals surface area (Å²) in [6, 6.07) is 13.9. The van der Waals surface area contributed by atoms with Gasteiger partial charge in [0.25, 0.3) is 0 Å². The summed E-state index contributed by atoms with van der Waals surface area (Å²) in [4.78, 5) is 4.63. The van der Waals surface area contributed by atoms with Crippen LogP contribution in [0, 0.1) is 0 Å². The van der Waals surface area contributed by atoms with Crippen LogP contribution in [-0.2, 0) is 15.9 Å². The van der Waals surface area contributed by atoms with Gasteiger partial charge in [-0.25, -0.2) is 0 Å². The summed E-state index contributed by atoms with van der Waals surface area (Å²) in [6.07, 6.45) is 0.963. The molecule has 0 atom stereocenters. The van der Waals surface area contributed by atoms with Crippen molar-refractivity contribution in [2.45, 2.75) is 26.4 Å². The second-order valence-electron chi connectivity index (χ2n) is 7.52. The average Bonchev–Trinajstić information content (AvgIpc) is 3.25. The highest BCUT2D eigenvalue weighted by Crippen LogP contribution is 2.32. The molecule has 0 aliphatic carbocycles. The zero-order valence-electron chi connectivity index (χ0n) is 19.5. The second-order valence-corrected chi connectivity index (χ2v) is 7.52.